The van der Waals surface area contributed by atoms with E-state index in [0.717, 1.165) is 17.7 Å². The van der Waals surface area contributed by atoms with Crippen LogP contribution in [0.25, 0.3) is 11.4 Å². The quantitative estimate of drug-likeness (QED) is 0.473. The van der Waals surface area contributed by atoms with Gasteiger partial charge in [0.1, 0.15) is 11.5 Å². The van der Waals surface area contributed by atoms with Gasteiger partial charge in [-0.3, -0.25) is 4.79 Å². The molecule has 1 fully saturated rings. The predicted octanol–water partition coefficient (Wildman–Crippen LogP) is 4.94. The van der Waals surface area contributed by atoms with Gasteiger partial charge in [-0.2, -0.15) is 4.98 Å². The van der Waals surface area contributed by atoms with Gasteiger partial charge in [0, 0.05) is 25.1 Å². The second-order valence-corrected chi connectivity index (χ2v) is 7.70. The van der Waals surface area contributed by atoms with Crippen LogP contribution >= 0.6 is 0 Å². The van der Waals surface area contributed by atoms with Crippen molar-refractivity contribution < 1.29 is 32.0 Å². The molecule has 1 unspecified atom stereocenters. The number of benzene rings is 2. The molecule has 2 aromatic carbocycles. The van der Waals surface area contributed by atoms with Gasteiger partial charge in [-0.1, -0.05) is 24.2 Å². The number of rotatable bonds is 8. The summed E-state index contributed by atoms with van der Waals surface area (Å²) in [5, 5.41) is 3.91. The summed E-state index contributed by atoms with van der Waals surface area (Å²) in [6, 6.07) is 12.8. The van der Waals surface area contributed by atoms with Gasteiger partial charge in [0.2, 0.25) is 17.6 Å². The third kappa shape index (κ3) is 5.82. The molecular weight excluding hydrogens is 439 g/mol. The van der Waals surface area contributed by atoms with Gasteiger partial charge in [-0.15, -0.1) is 13.2 Å². The van der Waals surface area contributed by atoms with Crippen molar-refractivity contribution in [3.63, 3.8) is 0 Å². The second kappa shape index (κ2) is 9.51. The largest absolute Gasteiger partial charge is 0.573 e. The van der Waals surface area contributed by atoms with E-state index in [1.54, 1.807) is 4.90 Å². The van der Waals surface area contributed by atoms with E-state index in [0.29, 0.717) is 31.2 Å². The Labute approximate surface area is 188 Å². The van der Waals surface area contributed by atoms with Gasteiger partial charge < -0.3 is 18.9 Å². The molecule has 7 nitrogen and oxygen atoms in total. The van der Waals surface area contributed by atoms with E-state index in [1.807, 2.05) is 31.2 Å². The molecule has 1 aromatic heterocycles. The smallest absolute Gasteiger partial charge is 0.494 e. The molecule has 174 valence electrons. The van der Waals surface area contributed by atoms with Gasteiger partial charge in [-0.05, 0) is 48.4 Å². The van der Waals surface area contributed by atoms with Crippen molar-refractivity contribution in [2.45, 2.75) is 38.6 Å². The number of nitrogens with zero attached hydrogens (tertiary/aromatic N) is 3. The molecular formula is C23H22F3N3O4. The zero-order chi connectivity index (χ0) is 23.4. The van der Waals surface area contributed by atoms with E-state index < -0.39 is 6.36 Å². The fourth-order valence-electron chi connectivity index (χ4n) is 3.55. The average molecular weight is 461 g/mol. The maximum Gasteiger partial charge on any atom is 0.573 e. The lowest BCUT2D eigenvalue weighted by molar-refractivity contribution is -0.274. The molecule has 3 aromatic rings. The number of ether oxygens (including phenoxy) is 2. The molecule has 0 saturated carbocycles. The molecule has 1 aliphatic heterocycles. The molecule has 1 atom stereocenters. The van der Waals surface area contributed by atoms with Crippen LogP contribution < -0.4 is 9.47 Å². The highest BCUT2D eigenvalue weighted by Gasteiger charge is 2.34. The lowest BCUT2D eigenvalue weighted by Gasteiger charge is -2.16. The van der Waals surface area contributed by atoms with Gasteiger partial charge in [-0.25, -0.2) is 0 Å². The SMILES string of the molecule is CCCOc1ccc(CN2CC(c3nc(-c4ccc(OC(F)(F)F)cc4)no3)CC2=O)cc1. The van der Waals surface area contributed by atoms with Crippen LogP contribution in [0, 0.1) is 0 Å². The van der Waals surface area contributed by atoms with Crippen LogP contribution in [-0.4, -0.2) is 40.5 Å². The highest BCUT2D eigenvalue weighted by atomic mass is 19.4. The van der Waals surface area contributed by atoms with Crippen LogP contribution in [0.1, 0.15) is 37.1 Å². The highest BCUT2D eigenvalue weighted by Crippen LogP contribution is 2.31. The fraction of sp³-hybridized carbons (Fsp3) is 0.348. The fourth-order valence-corrected chi connectivity index (χ4v) is 3.55. The van der Waals surface area contributed by atoms with E-state index in [-0.39, 0.29) is 29.8 Å². The van der Waals surface area contributed by atoms with Crippen LogP contribution in [0.2, 0.25) is 0 Å². The Balaban J connectivity index is 1.37. The minimum atomic E-state index is -4.76. The molecule has 0 radical (unpaired) electrons. The monoisotopic (exact) mass is 461 g/mol. The topological polar surface area (TPSA) is 77.7 Å². The number of halogens is 3. The zero-order valence-electron chi connectivity index (χ0n) is 17.8. The van der Waals surface area contributed by atoms with Crippen molar-refractivity contribution in [3.05, 3.63) is 60.0 Å². The van der Waals surface area contributed by atoms with Crippen LogP contribution in [0.15, 0.2) is 53.1 Å². The molecule has 4 rings (SSSR count). The van der Waals surface area contributed by atoms with Crippen molar-refractivity contribution >= 4 is 5.91 Å². The van der Waals surface area contributed by atoms with Gasteiger partial charge in [0.15, 0.2) is 0 Å². The normalized spacial score (nSPS) is 16.3. The summed E-state index contributed by atoms with van der Waals surface area (Å²) in [6.45, 7) is 3.60. The Morgan fingerprint density at radius 1 is 1.09 bits per heavy atom. The molecule has 0 bridgehead atoms. The van der Waals surface area contributed by atoms with Crippen molar-refractivity contribution in [3.8, 4) is 22.9 Å². The molecule has 1 saturated heterocycles. The Kier molecular flexibility index (Phi) is 6.52. The van der Waals surface area contributed by atoms with E-state index in [4.69, 9.17) is 9.26 Å². The van der Waals surface area contributed by atoms with Crippen molar-refractivity contribution in [1.29, 1.82) is 0 Å². The Bertz CT molecular complexity index is 1080. The standard InChI is InChI=1S/C23H22F3N3O4/c1-2-11-31-18-7-3-15(4-8-18)13-29-14-17(12-20(29)30)22-27-21(28-33-22)16-5-9-19(10-6-16)32-23(24,25)26/h3-10,17H,2,11-14H2,1H3. The number of aromatic nitrogens is 2. The Morgan fingerprint density at radius 3 is 2.45 bits per heavy atom. The summed E-state index contributed by atoms with van der Waals surface area (Å²) in [6.07, 6.45) is -3.58. The molecule has 2 heterocycles. The third-order valence-electron chi connectivity index (χ3n) is 5.12. The number of carbonyl (C=O) groups is 1. The summed E-state index contributed by atoms with van der Waals surface area (Å²) in [4.78, 5) is 18.6. The van der Waals surface area contributed by atoms with Crippen LogP contribution in [0.5, 0.6) is 11.5 Å². The van der Waals surface area contributed by atoms with Gasteiger partial charge in [0.25, 0.3) is 0 Å². The molecule has 1 aliphatic rings. The van der Waals surface area contributed by atoms with E-state index in [1.165, 1.54) is 24.3 Å². The molecule has 0 aliphatic carbocycles. The first-order chi connectivity index (χ1) is 15.8. The Hall–Kier alpha value is -3.56. The Morgan fingerprint density at radius 2 is 1.79 bits per heavy atom. The van der Waals surface area contributed by atoms with Crippen LogP contribution in [0.3, 0.4) is 0 Å². The molecule has 1 amide bonds. The van der Waals surface area contributed by atoms with E-state index in [2.05, 4.69) is 14.9 Å². The summed E-state index contributed by atoms with van der Waals surface area (Å²) in [7, 11) is 0. The first kappa shape index (κ1) is 22.6. The predicted molar refractivity (Wildman–Crippen MR) is 111 cm³/mol. The maximum absolute atomic E-state index is 12.5. The van der Waals surface area contributed by atoms with E-state index in [9.17, 15) is 18.0 Å². The number of hydrogen-bond acceptors (Lipinski definition) is 6. The minimum absolute atomic E-state index is 0.0142. The van der Waals surface area contributed by atoms with Crippen molar-refractivity contribution in [2.24, 2.45) is 0 Å². The zero-order valence-corrected chi connectivity index (χ0v) is 17.8. The lowest BCUT2D eigenvalue weighted by atomic mass is 10.1. The van der Waals surface area contributed by atoms with Crippen molar-refractivity contribution in [2.75, 3.05) is 13.2 Å². The first-order valence-electron chi connectivity index (χ1n) is 10.5. The number of alkyl halides is 3. The summed E-state index contributed by atoms with van der Waals surface area (Å²) < 4.78 is 51.7. The van der Waals surface area contributed by atoms with E-state index >= 15 is 0 Å². The average Bonchev–Trinajstić information content (AvgIpc) is 3.40. The number of amides is 1. The maximum atomic E-state index is 12.5. The second-order valence-electron chi connectivity index (χ2n) is 7.70. The number of carbonyl (C=O) groups excluding carboxylic acids is 1. The van der Waals surface area contributed by atoms with Crippen molar-refractivity contribution in [1.82, 2.24) is 15.0 Å². The van der Waals surface area contributed by atoms with Crippen LogP contribution in [-0.2, 0) is 11.3 Å². The molecule has 0 spiro atoms. The first-order valence-corrected chi connectivity index (χ1v) is 10.5. The molecule has 10 heteroatoms. The third-order valence-corrected chi connectivity index (χ3v) is 5.12. The van der Waals surface area contributed by atoms with Crippen LogP contribution in [0.4, 0.5) is 13.2 Å². The lowest BCUT2D eigenvalue weighted by Crippen LogP contribution is -2.24. The highest BCUT2D eigenvalue weighted by molar-refractivity contribution is 5.79. The summed E-state index contributed by atoms with van der Waals surface area (Å²) in [5.74, 6) is 0.745. The summed E-state index contributed by atoms with van der Waals surface area (Å²) in [5.41, 5.74) is 1.46. The summed E-state index contributed by atoms with van der Waals surface area (Å²) >= 11 is 0. The molecule has 33 heavy (non-hydrogen) atoms. The number of likely N-dealkylation sites (tertiary alicyclic amines) is 1. The van der Waals surface area contributed by atoms with Gasteiger partial charge in [0.05, 0.1) is 12.5 Å². The molecule has 0 N–H and O–H groups in total. The number of hydrogen-bond donors (Lipinski definition) is 0. The van der Waals surface area contributed by atoms with Gasteiger partial charge >= 0.3 is 6.36 Å². The minimum Gasteiger partial charge on any atom is -0.494 e.